The Hall–Kier alpha value is -2.63. The summed E-state index contributed by atoms with van der Waals surface area (Å²) in [6.07, 6.45) is 0.0640. The number of hydrogen-bond acceptors (Lipinski definition) is 4. The first-order valence-electron chi connectivity index (χ1n) is 6.98. The molecule has 0 fully saturated rings. The Morgan fingerprint density at radius 3 is 2.64 bits per heavy atom. The van der Waals surface area contributed by atoms with Gasteiger partial charge in [-0.05, 0) is 19.1 Å². The van der Waals surface area contributed by atoms with Crippen molar-refractivity contribution in [2.24, 2.45) is 5.92 Å². The Morgan fingerprint density at radius 2 is 2.00 bits per heavy atom. The largest absolute Gasteiger partial charge is 0.481 e. The lowest BCUT2D eigenvalue weighted by Gasteiger charge is -2.07. The first-order valence-corrected chi connectivity index (χ1v) is 6.98. The number of carboxylic acids is 1. The second-order valence-electron chi connectivity index (χ2n) is 5.11. The van der Waals surface area contributed by atoms with Gasteiger partial charge in [0.2, 0.25) is 11.8 Å². The number of benzene rings is 1. The van der Waals surface area contributed by atoms with E-state index in [9.17, 15) is 9.59 Å². The summed E-state index contributed by atoms with van der Waals surface area (Å²) >= 11 is 0. The van der Waals surface area contributed by atoms with E-state index < -0.39 is 11.9 Å². The summed E-state index contributed by atoms with van der Waals surface area (Å²) in [6.45, 7) is 3.38. The van der Waals surface area contributed by atoms with Crippen LogP contribution in [-0.4, -0.2) is 28.5 Å². The van der Waals surface area contributed by atoms with Crippen LogP contribution >= 0.6 is 0 Å². The predicted molar refractivity (Wildman–Crippen MR) is 80.2 cm³/mol. The standard InChI is InChI=1S/C16H18N2O4/c1-10(16(20)21)9-17-14(19)8-13-11(2)22-15(18-13)12-6-4-3-5-7-12/h3-7,10H,8-9H2,1-2H3,(H,17,19)(H,20,21). The molecule has 22 heavy (non-hydrogen) atoms. The normalized spacial score (nSPS) is 11.9. The minimum absolute atomic E-state index is 0.0640. The summed E-state index contributed by atoms with van der Waals surface area (Å²) < 4.78 is 5.58. The van der Waals surface area contributed by atoms with Gasteiger partial charge in [0.25, 0.3) is 0 Å². The van der Waals surface area contributed by atoms with E-state index in [4.69, 9.17) is 9.52 Å². The van der Waals surface area contributed by atoms with Crippen molar-refractivity contribution in [3.63, 3.8) is 0 Å². The third-order valence-electron chi connectivity index (χ3n) is 3.27. The van der Waals surface area contributed by atoms with Gasteiger partial charge in [-0.15, -0.1) is 0 Å². The molecule has 6 nitrogen and oxygen atoms in total. The maximum absolute atomic E-state index is 11.9. The van der Waals surface area contributed by atoms with Gasteiger partial charge in [-0.25, -0.2) is 4.98 Å². The van der Waals surface area contributed by atoms with Crippen molar-refractivity contribution in [3.8, 4) is 11.5 Å². The zero-order valence-corrected chi connectivity index (χ0v) is 12.5. The number of nitrogens with one attached hydrogen (secondary N) is 1. The number of aryl methyl sites for hydroxylation is 1. The van der Waals surface area contributed by atoms with Gasteiger partial charge >= 0.3 is 5.97 Å². The minimum Gasteiger partial charge on any atom is -0.481 e. The van der Waals surface area contributed by atoms with Crippen LogP contribution in [0.1, 0.15) is 18.4 Å². The van der Waals surface area contributed by atoms with Crippen molar-refractivity contribution in [1.82, 2.24) is 10.3 Å². The van der Waals surface area contributed by atoms with E-state index >= 15 is 0 Å². The summed E-state index contributed by atoms with van der Waals surface area (Å²) in [5.41, 5.74) is 1.40. The third-order valence-corrected chi connectivity index (χ3v) is 3.27. The van der Waals surface area contributed by atoms with Crippen LogP contribution in [0.2, 0.25) is 0 Å². The molecule has 1 amide bonds. The average Bonchev–Trinajstić information content (AvgIpc) is 2.86. The van der Waals surface area contributed by atoms with E-state index in [0.717, 1.165) is 5.56 Å². The van der Waals surface area contributed by atoms with Crippen LogP contribution in [0.5, 0.6) is 0 Å². The topological polar surface area (TPSA) is 92.4 Å². The zero-order valence-electron chi connectivity index (χ0n) is 12.5. The molecule has 2 aromatic rings. The molecule has 0 aliphatic carbocycles. The highest BCUT2D eigenvalue weighted by atomic mass is 16.4. The maximum Gasteiger partial charge on any atom is 0.308 e. The number of amides is 1. The Kier molecular flexibility index (Phi) is 4.93. The molecule has 0 bridgehead atoms. The summed E-state index contributed by atoms with van der Waals surface area (Å²) in [7, 11) is 0. The number of oxazole rings is 1. The molecule has 6 heteroatoms. The van der Waals surface area contributed by atoms with Gasteiger partial charge in [-0.2, -0.15) is 0 Å². The van der Waals surface area contributed by atoms with E-state index in [1.54, 1.807) is 6.92 Å². The number of aromatic nitrogens is 1. The van der Waals surface area contributed by atoms with Gasteiger partial charge in [0.05, 0.1) is 18.0 Å². The van der Waals surface area contributed by atoms with Gasteiger partial charge in [-0.1, -0.05) is 25.1 Å². The molecule has 116 valence electrons. The fourth-order valence-electron chi connectivity index (χ4n) is 1.87. The molecule has 2 rings (SSSR count). The lowest BCUT2D eigenvalue weighted by molar-refractivity contribution is -0.141. The minimum atomic E-state index is -0.940. The van der Waals surface area contributed by atoms with Crippen molar-refractivity contribution in [1.29, 1.82) is 0 Å². The number of carboxylic acid groups (broad SMARTS) is 1. The van der Waals surface area contributed by atoms with E-state index in [-0.39, 0.29) is 18.9 Å². The van der Waals surface area contributed by atoms with Crippen LogP contribution in [0.3, 0.4) is 0 Å². The number of carbonyl (C=O) groups excluding carboxylic acids is 1. The molecular weight excluding hydrogens is 284 g/mol. The highest BCUT2D eigenvalue weighted by Crippen LogP contribution is 2.21. The highest BCUT2D eigenvalue weighted by Gasteiger charge is 2.16. The summed E-state index contributed by atoms with van der Waals surface area (Å²) in [4.78, 5) is 26.9. The van der Waals surface area contributed by atoms with Crippen molar-refractivity contribution in [2.75, 3.05) is 6.54 Å². The quantitative estimate of drug-likeness (QED) is 0.851. The second-order valence-corrected chi connectivity index (χ2v) is 5.11. The Morgan fingerprint density at radius 1 is 1.32 bits per heavy atom. The molecule has 0 radical (unpaired) electrons. The van der Waals surface area contributed by atoms with Gasteiger partial charge in [0.15, 0.2) is 0 Å². The summed E-state index contributed by atoms with van der Waals surface area (Å²) in [5, 5.41) is 11.4. The Labute approximate surface area is 128 Å². The summed E-state index contributed by atoms with van der Waals surface area (Å²) in [6, 6.07) is 9.42. The van der Waals surface area contributed by atoms with Crippen molar-refractivity contribution in [3.05, 3.63) is 41.8 Å². The third kappa shape index (κ3) is 3.94. The molecule has 1 unspecified atom stereocenters. The van der Waals surface area contributed by atoms with E-state index in [1.807, 2.05) is 30.3 Å². The highest BCUT2D eigenvalue weighted by molar-refractivity contribution is 5.79. The summed E-state index contributed by atoms with van der Waals surface area (Å²) in [5.74, 6) is -0.782. The molecule has 0 spiro atoms. The Bertz CT molecular complexity index is 664. The Balaban J connectivity index is 2.00. The fraction of sp³-hybridized carbons (Fsp3) is 0.312. The van der Waals surface area contributed by atoms with Crippen LogP contribution < -0.4 is 5.32 Å². The number of aliphatic carboxylic acids is 1. The van der Waals surface area contributed by atoms with Gasteiger partial charge < -0.3 is 14.8 Å². The molecule has 0 aliphatic rings. The molecule has 1 aromatic carbocycles. The van der Waals surface area contributed by atoms with Crippen molar-refractivity contribution in [2.45, 2.75) is 20.3 Å². The van der Waals surface area contributed by atoms with Gasteiger partial charge in [0.1, 0.15) is 5.76 Å². The zero-order chi connectivity index (χ0) is 16.1. The average molecular weight is 302 g/mol. The fourth-order valence-corrected chi connectivity index (χ4v) is 1.87. The van der Waals surface area contributed by atoms with Crippen molar-refractivity contribution < 1.29 is 19.1 Å². The number of carbonyl (C=O) groups is 2. The molecule has 0 aliphatic heterocycles. The molecule has 1 atom stereocenters. The first kappa shape index (κ1) is 15.8. The van der Waals surface area contributed by atoms with Gasteiger partial charge in [0, 0.05) is 12.1 Å². The van der Waals surface area contributed by atoms with Crippen LogP contribution in [0.25, 0.3) is 11.5 Å². The SMILES string of the molecule is Cc1oc(-c2ccccc2)nc1CC(=O)NCC(C)C(=O)O. The lowest BCUT2D eigenvalue weighted by atomic mass is 10.2. The van der Waals surface area contributed by atoms with Crippen LogP contribution in [-0.2, 0) is 16.0 Å². The number of hydrogen-bond donors (Lipinski definition) is 2. The van der Waals surface area contributed by atoms with Gasteiger partial charge in [-0.3, -0.25) is 9.59 Å². The molecule has 1 heterocycles. The molecule has 0 saturated heterocycles. The predicted octanol–water partition coefficient (Wildman–Crippen LogP) is 2.03. The molecular formula is C16H18N2O4. The number of rotatable bonds is 6. The molecule has 1 aromatic heterocycles. The van der Waals surface area contributed by atoms with E-state index in [0.29, 0.717) is 17.3 Å². The smallest absolute Gasteiger partial charge is 0.308 e. The maximum atomic E-state index is 11.9. The van der Waals surface area contributed by atoms with Crippen LogP contribution in [0, 0.1) is 12.8 Å². The molecule has 0 saturated carbocycles. The van der Waals surface area contributed by atoms with E-state index in [2.05, 4.69) is 10.3 Å². The van der Waals surface area contributed by atoms with E-state index in [1.165, 1.54) is 6.92 Å². The second kappa shape index (κ2) is 6.89. The lowest BCUT2D eigenvalue weighted by Crippen LogP contribution is -2.32. The number of nitrogens with zero attached hydrogens (tertiary/aromatic N) is 1. The van der Waals surface area contributed by atoms with Crippen molar-refractivity contribution >= 4 is 11.9 Å². The van der Waals surface area contributed by atoms with Crippen LogP contribution in [0.15, 0.2) is 34.7 Å². The monoisotopic (exact) mass is 302 g/mol. The first-order chi connectivity index (χ1) is 10.5. The van der Waals surface area contributed by atoms with Crippen LogP contribution in [0.4, 0.5) is 0 Å². The molecule has 2 N–H and O–H groups in total.